The lowest BCUT2D eigenvalue weighted by molar-refractivity contribution is 0.603. The summed E-state index contributed by atoms with van der Waals surface area (Å²) in [7, 11) is -2.79. The van der Waals surface area contributed by atoms with Gasteiger partial charge in [0.2, 0.25) is 0 Å². The van der Waals surface area contributed by atoms with Crippen LogP contribution in [0.2, 0.25) is 0 Å². The first-order valence-corrected chi connectivity index (χ1v) is 6.95. The lowest BCUT2D eigenvalue weighted by Crippen LogP contribution is -2.08. The summed E-state index contributed by atoms with van der Waals surface area (Å²) in [6, 6.07) is 0. The Morgan fingerprint density at radius 3 is 2.45 bits per heavy atom. The van der Waals surface area contributed by atoms with Crippen molar-refractivity contribution >= 4 is 33.2 Å². The van der Waals surface area contributed by atoms with Crippen LogP contribution < -0.4 is 0 Å². The van der Waals surface area contributed by atoms with Crippen molar-refractivity contribution in [3.05, 3.63) is 0 Å². The zero-order valence-corrected chi connectivity index (χ0v) is 9.10. The minimum atomic E-state index is -2.79. The summed E-state index contributed by atoms with van der Waals surface area (Å²) in [6.45, 7) is 1.99. The van der Waals surface area contributed by atoms with Gasteiger partial charge in [0, 0.05) is 23.1 Å². The molecule has 0 heterocycles. The fourth-order valence-corrected chi connectivity index (χ4v) is 2.80. The van der Waals surface area contributed by atoms with Crippen molar-refractivity contribution < 1.29 is 8.42 Å². The van der Waals surface area contributed by atoms with Crippen LogP contribution in [0.3, 0.4) is 0 Å². The van der Waals surface area contributed by atoms with Crippen molar-refractivity contribution in [3.8, 4) is 0 Å². The second kappa shape index (κ2) is 5.27. The molecule has 0 fully saturated rings. The monoisotopic (exact) mass is 216 g/mol. The van der Waals surface area contributed by atoms with Crippen LogP contribution in [-0.2, 0) is 9.84 Å². The summed E-state index contributed by atoms with van der Waals surface area (Å²) in [6.07, 6.45) is 1.25. The van der Waals surface area contributed by atoms with Gasteiger partial charge in [-0.1, -0.05) is 6.92 Å². The topological polar surface area (TPSA) is 34.1 Å². The van der Waals surface area contributed by atoms with E-state index in [2.05, 4.69) is 0 Å². The third-order valence-corrected chi connectivity index (χ3v) is 4.10. The number of thioether (sulfide) groups is 1. The summed E-state index contributed by atoms with van der Waals surface area (Å²) in [5.74, 6) is 1.47. The highest BCUT2D eigenvalue weighted by atomic mass is 35.5. The van der Waals surface area contributed by atoms with Gasteiger partial charge in [0.1, 0.15) is 9.84 Å². The largest absolute Gasteiger partial charge is 0.229 e. The summed E-state index contributed by atoms with van der Waals surface area (Å²) < 4.78 is 21.3. The van der Waals surface area contributed by atoms with Gasteiger partial charge in [-0.2, -0.15) is 11.8 Å². The molecule has 0 radical (unpaired) electrons. The number of alkyl halides is 1. The summed E-state index contributed by atoms with van der Waals surface area (Å²) in [5, 5.41) is 0.346. The maximum absolute atomic E-state index is 10.7. The standard InChI is InChI=1S/C6H13ClO2S2/c1-6(5-7)10-3-4-11(2,8)9/h6H,3-5H2,1-2H3. The van der Waals surface area contributed by atoms with Crippen molar-refractivity contribution in [1.82, 2.24) is 0 Å². The molecule has 0 amide bonds. The van der Waals surface area contributed by atoms with E-state index in [-0.39, 0.29) is 5.75 Å². The second-order valence-corrected chi connectivity index (χ2v) is 6.58. The van der Waals surface area contributed by atoms with Crippen LogP contribution in [0.1, 0.15) is 6.92 Å². The SMILES string of the molecule is CC(CCl)SCCS(C)(=O)=O. The van der Waals surface area contributed by atoms with Crippen molar-refractivity contribution in [2.75, 3.05) is 23.6 Å². The molecule has 68 valence electrons. The van der Waals surface area contributed by atoms with E-state index < -0.39 is 9.84 Å². The van der Waals surface area contributed by atoms with Crippen molar-refractivity contribution in [2.45, 2.75) is 12.2 Å². The zero-order valence-electron chi connectivity index (χ0n) is 6.71. The molecule has 2 nitrogen and oxygen atoms in total. The first-order valence-electron chi connectivity index (χ1n) is 3.31. The van der Waals surface area contributed by atoms with Gasteiger partial charge < -0.3 is 0 Å². The molecule has 1 atom stereocenters. The van der Waals surface area contributed by atoms with Gasteiger partial charge in [-0.05, 0) is 0 Å². The minimum Gasteiger partial charge on any atom is -0.229 e. The number of hydrogen-bond donors (Lipinski definition) is 0. The Bertz CT molecular complexity index is 189. The van der Waals surface area contributed by atoms with Crippen molar-refractivity contribution in [3.63, 3.8) is 0 Å². The van der Waals surface area contributed by atoms with Crippen LogP contribution >= 0.6 is 23.4 Å². The molecule has 0 aliphatic heterocycles. The van der Waals surface area contributed by atoms with Gasteiger partial charge >= 0.3 is 0 Å². The molecular weight excluding hydrogens is 204 g/mol. The van der Waals surface area contributed by atoms with E-state index in [1.807, 2.05) is 6.92 Å². The minimum absolute atomic E-state index is 0.249. The Hall–Kier alpha value is 0.590. The van der Waals surface area contributed by atoms with Gasteiger partial charge in [0.25, 0.3) is 0 Å². The van der Waals surface area contributed by atoms with Crippen LogP contribution in [0.5, 0.6) is 0 Å². The maximum atomic E-state index is 10.7. The molecule has 0 saturated carbocycles. The van der Waals surface area contributed by atoms with Crippen LogP contribution in [0.15, 0.2) is 0 Å². The first-order chi connectivity index (χ1) is 4.95. The molecule has 5 heteroatoms. The molecule has 1 unspecified atom stereocenters. The Labute approximate surface area is 77.6 Å². The average molecular weight is 217 g/mol. The quantitative estimate of drug-likeness (QED) is 0.652. The highest BCUT2D eigenvalue weighted by Gasteiger charge is 2.04. The Kier molecular flexibility index (Phi) is 5.56. The fraction of sp³-hybridized carbons (Fsp3) is 1.00. The molecule has 0 aromatic carbocycles. The van der Waals surface area contributed by atoms with E-state index in [0.29, 0.717) is 16.9 Å². The molecule has 0 aromatic rings. The predicted molar refractivity (Wildman–Crippen MR) is 52.4 cm³/mol. The van der Waals surface area contributed by atoms with Crippen LogP contribution in [0, 0.1) is 0 Å². The van der Waals surface area contributed by atoms with Gasteiger partial charge in [-0.25, -0.2) is 8.42 Å². The van der Waals surface area contributed by atoms with Gasteiger partial charge in [-0.3, -0.25) is 0 Å². The van der Waals surface area contributed by atoms with E-state index in [4.69, 9.17) is 11.6 Å². The number of sulfone groups is 1. The molecule has 0 rings (SSSR count). The van der Waals surface area contributed by atoms with Gasteiger partial charge in [0.15, 0.2) is 0 Å². The van der Waals surface area contributed by atoms with E-state index in [0.717, 1.165) is 0 Å². The van der Waals surface area contributed by atoms with E-state index >= 15 is 0 Å². The van der Waals surface area contributed by atoms with Crippen LogP contribution in [0.25, 0.3) is 0 Å². The van der Waals surface area contributed by atoms with E-state index in [1.54, 1.807) is 11.8 Å². The number of rotatable bonds is 5. The highest BCUT2D eigenvalue weighted by Crippen LogP contribution is 2.11. The maximum Gasteiger partial charge on any atom is 0.148 e. The Morgan fingerprint density at radius 2 is 2.09 bits per heavy atom. The molecule has 11 heavy (non-hydrogen) atoms. The molecule has 0 bridgehead atoms. The smallest absolute Gasteiger partial charge is 0.148 e. The Morgan fingerprint density at radius 1 is 1.55 bits per heavy atom. The molecule has 0 saturated heterocycles. The molecule has 0 aliphatic carbocycles. The van der Waals surface area contributed by atoms with Gasteiger partial charge in [-0.15, -0.1) is 11.6 Å². The fourth-order valence-electron chi connectivity index (χ4n) is 0.445. The third-order valence-electron chi connectivity index (χ3n) is 1.07. The first kappa shape index (κ1) is 11.6. The lowest BCUT2D eigenvalue weighted by atomic mass is 10.6. The van der Waals surface area contributed by atoms with Crippen LogP contribution in [-0.4, -0.2) is 37.3 Å². The lowest BCUT2D eigenvalue weighted by Gasteiger charge is -2.04. The average Bonchev–Trinajstić information content (AvgIpc) is 1.85. The summed E-state index contributed by atoms with van der Waals surface area (Å²) >= 11 is 7.12. The number of halogens is 1. The normalized spacial score (nSPS) is 14.8. The van der Waals surface area contributed by atoms with E-state index in [1.165, 1.54) is 6.26 Å². The highest BCUT2D eigenvalue weighted by molar-refractivity contribution is 8.01. The van der Waals surface area contributed by atoms with Crippen LogP contribution in [0.4, 0.5) is 0 Å². The van der Waals surface area contributed by atoms with Crippen molar-refractivity contribution in [2.24, 2.45) is 0 Å². The molecule has 0 aliphatic rings. The summed E-state index contributed by atoms with van der Waals surface area (Å²) in [5.41, 5.74) is 0. The van der Waals surface area contributed by atoms with Gasteiger partial charge in [0.05, 0.1) is 5.75 Å². The molecule has 0 N–H and O–H groups in total. The molecule has 0 aromatic heterocycles. The summed E-state index contributed by atoms with van der Waals surface area (Å²) in [4.78, 5) is 0. The second-order valence-electron chi connectivity index (χ2n) is 2.47. The Balaban J connectivity index is 3.43. The van der Waals surface area contributed by atoms with E-state index in [9.17, 15) is 8.42 Å². The predicted octanol–water partition coefficient (Wildman–Crippen LogP) is 1.39. The molecule has 0 spiro atoms. The van der Waals surface area contributed by atoms with Crippen molar-refractivity contribution in [1.29, 1.82) is 0 Å². The molecular formula is C6H13ClO2S2. The third kappa shape index (κ3) is 8.50. The number of hydrogen-bond acceptors (Lipinski definition) is 3. The zero-order chi connectivity index (χ0) is 8.91.